The molecule has 0 radical (unpaired) electrons. The van der Waals surface area contributed by atoms with E-state index in [1.165, 1.54) is 12.1 Å². The molecule has 2 N–H and O–H groups in total. The van der Waals surface area contributed by atoms with Crippen molar-refractivity contribution in [2.24, 2.45) is 0 Å². The Morgan fingerprint density at radius 3 is 2.46 bits per heavy atom. The summed E-state index contributed by atoms with van der Waals surface area (Å²) in [5, 5.41) is 30.4. The quantitative estimate of drug-likeness (QED) is 0.438. The predicted octanol–water partition coefficient (Wildman–Crippen LogP) is 4.88. The van der Waals surface area contributed by atoms with Gasteiger partial charge in [-0.1, -0.05) is 35.9 Å². The molecule has 1 fully saturated rings. The molecule has 1 heterocycles. The van der Waals surface area contributed by atoms with Crippen LogP contribution in [0.1, 0.15) is 36.6 Å². The zero-order valence-corrected chi connectivity index (χ0v) is 21.7. The van der Waals surface area contributed by atoms with Crippen LogP contribution in [0.3, 0.4) is 0 Å². The molecule has 0 bridgehead atoms. The van der Waals surface area contributed by atoms with Crippen molar-refractivity contribution in [3.63, 3.8) is 0 Å². The van der Waals surface area contributed by atoms with E-state index in [1.54, 1.807) is 56.3 Å². The zero-order chi connectivity index (χ0) is 26.6. The first kappa shape index (κ1) is 26.9. The van der Waals surface area contributed by atoms with E-state index in [-0.39, 0.29) is 18.5 Å². The van der Waals surface area contributed by atoms with E-state index < -0.39 is 11.7 Å². The Bertz CT molecular complexity index is 1240. The van der Waals surface area contributed by atoms with E-state index in [0.717, 1.165) is 16.8 Å². The first-order valence-electron chi connectivity index (χ1n) is 12.2. The Morgan fingerprint density at radius 1 is 1.14 bits per heavy atom. The van der Waals surface area contributed by atoms with Gasteiger partial charge in [0, 0.05) is 32.2 Å². The maximum Gasteiger partial charge on any atom is 0.123 e. The minimum absolute atomic E-state index is 0.132. The number of β-amino-alcohol motifs (C(OH)–C–C–N with tert-alkyl or cyclic N) is 1. The molecule has 1 aliphatic rings. The van der Waals surface area contributed by atoms with Crippen molar-refractivity contribution in [2.75, 3.05) is 37.7 Å². The lowest BCUT2D eigenvalue weighted by Crippen LogP contribution is -2.52. The molecule has 6 nitrogen and oxygen atoms in total. The largest absolute Gasteiger partial charge is 0.491 e. The first-order chi connectivity index (χ1) is 17.7. The van der Waals surface area contributed by atoms with E-state index in [1.807, 2.05) is 12.1 Å². The fraction of sp³-hybridized carbons (Fsp3) is 0.345. The van der Waals surface area contributed by atoms with Crippen LogP contribution in [-0.2, 0) is 5.60 Å². The highest BCUT2D eigenvalue weighted by atomic mass is 35.5. The van der Waals surface area contributed by atoms with Crippen molar-refractivity contribution in [3.8, 4) is 11.8 Å². The maximum absolute atomic E-state index is 13.7. The van der Waals surface area contributed by atoms with Crippen LogP contribution in [0.2, 0.25) is 5.02 Å². The van der Waals surface area contributed by atoms with Crippen molar-refractivity contribution in [1.82, 2.24) is 4.90 Å². The molecule has 3 aromatic rings. The van der Waals surface area contributed by atoms with Crippen LogP contribution < -0.4 is 9.64 Å². The molecule has 3 aromatic carbocycles. The number of anilines is 1. The summed E-state index contributed by atoms with van der Waals surface area (Å²) in [7, 11) is 0. The number of hydrogen-bond donors (Lipinski definition) is 2. The normalized spacial score (nSPS) is 18.6. The van der Waals surface area contributed by atoms with Gasteiger partial charge in [-0.05, 0) is 61.4 Å². The molecule has 8 heteroatoms. The number of nitrogens with zero attached hydrogens (tertiary/aromatic N) is 3. The number of aliphatic hydroxyl groups excluding tert-OH is 1. The number of hydrogen-bond acceptors (Lipinski definition) is 6. The summed E-state index contributed by atoms with van der Waals surface area (Å²) in [6.45, 7) is 5.91. The van der Waals surface area contributed by atoms with E-state index in [0.29, 0.717) is 42.5 Å². The lowest BCUT2D eigenvalue weighted by molar-refractivity contribution is 0.0103. The van der Waals surface area contributed by atoms with E-state index in [2.05, 4.69) is 15.9 Å². The topological polar surface area (TPSA) is 80.0 Å². The molecular formula is C29H31ClFN3O3. The third-order valence-electron chi connectivity index (χ3n) is 6.61. The van der Waals surface area contributed by atoms with Gasteiger partial charge in [0.25, 0.3) is 0 Å². The fourth-order valence-corrected chi connectivity index (χ4v) is 4.98. The molecule has 0 aromatic heterocycles. The number of halogens is 2. The van der Waals surface area contributed by atoms with Gasteiger partial charge in [-0.3, -0.25) is 4.90 Å². The summed E-state index contributed by atoms with van der Waals surface area (Å²) in [6, 6.07) is 20.9. The summed E-state index contributed by atoms with van der Waals surface area (Å²) in [4.78, 5) is 4.39. The molecule has 3 atom stereocenters. The van der Waals surface area contributed by atoms with Gasteiger partial charge in [-0.15, -0.1) is 0 Å². The SMILES string of the molecule is CC(O)COc1ccc(N2CCN(C[C@@](C)(O)c3ccc(C#N)cc3)C[C@H]2c2ccc(F)cc2)c(Cl)c1. The van der Waals surface area contributed by atoms with Crippen LogP contribution in [0, 0.1) is 17.1 Å². The van der Waals surface area contributed by atoms with E-state index >= 15 is 0 Å². The first-order valence-corrected chi connectivity index (χ1v) is 12.6. The lowest BCUT2D eigenvalue weighted by Gasteiger charge is -2.45. The molecule has 0 aliphatic carbocycles. The molecule has 194 valence electrons. The lowest BCUT2D eigenvalue weighted by atomic mass is 9.93. The Labute approximate surface area is 222 Å². The van der Waals surface area contributed by atoms with Crippen LogP contribution in [-0.4, -0.2) is 54.0 Å². The molecular weight excluding hydrogens is 493 g/mol. The molecule has 1 unspecified atom stereocenters. The van der Waals surface area contributed by atoms with Gasteiger partial charge in [-0.25, -0.2) is 4.39 Å². The Morgan fingerprint density at radius 2 is 1.84 bits per heavy atom. The second-order valence-electron chi connectivity index (χ2n) is 9.73. The number of rotatable bonds is 8. The smallest absolute Gasteiger partial charge is 0.123 e. The van der Waals surface area contributed by atoms with Gasteiger partial charge in [-0.2, -0.15) is 5.26 Å². The van der Waals surface area contributed by atoms with Gasteiger partial charge in [0.2, 0.25) is 0 Å². The maximum atomic E-state index is 13.7. The predicted molar refractivity (Wildman–Crippen MR) is 142 cm³/mol. The van der Waals surface area contributed by atoms with Crippen molar-refractivity contribution in [1.29, 1.82) is 5.26 Å². The second-order valence-corrected chi connectivity index (χ2v) is 10.1. The van der Waals surface area contributed by atoms with Crippen LogP contribution >= 0.6 is 11.6 Å². The molecule has 37 heavy (non-hydrogen) atoms. The minimum Gasteiger partial charge on any atom is -0.491 e. The average molecular weight is 524 g/mol. The summed E-state index contributed by atoms with van der Waals surface area (Å²) in [5.41, 5.74) is 1.93. The van der Waals surface area contributed by atoms with Gasteiger partial charge in [0.05, 0.1) is 40.1 Å². The highest BCUT2D eigenvalue weighted by Crippen LogP contribution is 2.38. The second kappa shape index (κ2) is 11.5. The van der Waals surface area contributed by atoms with Crippen LogP contribution in [0.4, 0.5) is 10.1 Å². The molecule has 4 rings (SSSR count). The van der Waals surface area contributed by atoms with Gasteiger partial charge in [0.1, 0.15) is 18.2 Å². The third kappa shape index (κ3) is 6.60. The molecule has 0 spiro atoms. The highest BCUT2D eigenvalue weighted by molar-refractivity contribution is 6.33. The number of aliphatic hydroxyl groups is 2. The number of benzene rings is 3. The van der Waals surface area contributed by atoms with Crippen LogP contribution in [0.15, 0.2) is 66.7 Å². The Balaban J connectivity index is 1.57. The van der Waals surface area contributed by atoms with Gasteiger partial charge in [0.15, 0.2) is 0 Å². The highest BCUT2D eigenvalue weighted by Gasteiger charge is 2.34. The summed E-state index contributed by atoms with van der Waals surface area (Å²) in [6.07, 6.45) is -0.587. The van der Waals surface area contributed by atoms with Crippen LogP contribution in [0.25, 0.3) is 0 Å². The van der Waals surface area contributed by atoms with Crippen molar-refractivity contribution in [3.05, 3.63) is 94.3 Å². The number of ether oxygens (including phenoxy) is 1. The Hall–Kier alpha value is -3.15. The van der Waals surface area contributed by atoms with E-state index in [9.17, 15) is 14.6 Å². The zero-order valence-electron chi connectivity index (χ0n) is 20.9. The summed E-state index contributed by atoms with van der Waals surface area (Å²) >= 11 is 6.68. The minimum atomic E-state index is -1.12. The monoisotopic (exact) mass is 523 g/mol. The fourth-order valence-electron chi connectivity index (χ4n) is 4.70. The van der Waals surface area contributed by atoms with Gasteiger partial charge >= 0.3 is 0 Å². The van der Waals surface area contributed by atoms with Crippen molar-refractivity contribution in [2.45, 2.75) is 31.6 Å². The number of nitriles is 1. The van der Waals surface area contributed by atoms with Crippen molar-refractivity contribution >= 4 is 17.3 Å². The van der Waals surface area contributed by atoms with Crippen molar-refractivity contribution < 1.29 is 19.3 Å². The third-order valence-corrected chi connectivity index (χ3v) is 6.91. The summed E-state index contributed by atoms with van der Waals surface area (Å²) < 4.78 is 19.3. The van der Waals surface area contributed by atoms with Gasteiger partial charge < -0.3 is 19.8 Å². The van der Waals surface area contributed by atoms with E-state index in [4.69, 9.17) is 21.6 Å². The number of piperazine rings is 1. The Kier molecular flexibility index (Phi) is 8.35. The molecule has 0 amide bonds. The van der Waals surface area contributed by atoms with Crippen LogP contribution in [0.5, 0.6) is 5.75 Å². The standard InChI is InChI=1S/C29H31ClFN3O3/c1-20(35)18-37-25-11-12-27(26(30)15-25)34-14-13-33(17-28(34)22-5-9-24(31)10-6-22)19-29(2,36)23-7-3-21(16-32)4-8-23/h3-12,15,20,28,35-36H,13-14,17-19H2,1-2H3/t20?,28-,29+/m0/s1. The summed E-state index contributed by atoms with van der Waals surface area (Å²) in [5.74, 6) is 0.273. The molecule has 1 saturated heterocycles. The molecule has 1 aliphatic heterocycles. The molecule has 0 saturated carbocycles. The average Bonchev–Trinajstić information content (AvgIpc) is 2.88.